The van der Waals surface area contributed by atoms with Crippen molar-refractivity contribution in [3.63, 3.8) is 0 Å². The fraction of sp³-hybridized carbons (Fsp3) is 0.368. The molecule has 1 aromatic carbocycles. The maximum atomic E-state index is 12.9. The first-order valence-corrected chi connectivity index (χ1v) is 10.2. The van der Waals surface area contributed by atoms with Crippen LogP contribution in [0.25, 0.3) is 11.3 Å². The normalized spacial score (nSPS) is 22.8. The number of carboxylic acids is 1. The van der Waals surface area contributed by atoms with Gasteiger partial charge in [0.2, 0.25) is 5.91 Å². The zero-order chi connectivity index (χ0) is 22.0. The molecule has 3 heterocycles. The van der Waals surface area contributed by atoms with E-state index in [1.54, 1.807) is 38.1 Å². The molecular formula is C19H16ClN3Na2O6S. The molecule has 2 aromatic rings. The number of fused-ring (bicyclic) bond motifs is 1. The van der Waals surface area contributed by atoms with E-state index >= 15 is 0 Å². The molecule has 0 N–H and O–H groups in total. The van der Waals surface area contributed by atoms with Gasteiger partial charge in [0.15, 0.2) is 5.76 Å². The van der Waals surface area contributed by atoms with E-state index in [0.29, 0.717) is 10.6 Å². The van der Waals surface area contributed by atoms with Crippen molar-refractivity contribution in [1.82, 2.24) is 10.1 Å². The van der Waals surface area contributed by atoms with E-state index in [0.717, 1.165) is 9.80 Å². The van der Waals surface area contributed by atoms with E-state index < -0.39 is 40.2 Å². The summed E-state index contributed by atoms with van der Waals surface area (Å²) in [6.07, 6.45) is -1.64. The number of thioether (sulfide) groups is 1. The smallest absolute Gasteiger partial charge is 0.548 e. The fourth-order valence-electron chi connectivity index (χ4n) is 4.04. The predicted octanol–water partition coefficient (Wildman–Crippen LogP) is -5.36. The summed E-state index contributed by atoms with van der Waals surface area (Å²) < 4.78 is 4.36. The van der Waals surface area contributed by atoms with Crippen LogP contribution in [0.1, 0.15) is 19.6 Å². The SMILES string of the molecule is Cc1onc(-c2ccccc2Cl)c1N(C(=O)[O-])[C@@H]1C(=O)N2[C@@H]1SC(C)(C)[C@@H]2C(=O)[O-].[Na+].[Na+]. The summed E-state index contributed by atoms with van der Waals surface area (Å²) in [6.45, 7) is 4.85. The van der Waals surface area contributed by atoms with Crippen LogP contribution in [0.3, 0.4) is 0 Å². The van der Waals surface area contributed by atoms with E-state index in [9.17, 15) is 24.6 Å². The van der Waals surface area contributed by atoms with Gasteiger partial charge in [-0.25, -0.2) is 0 Å². The molecule has 158 valence electrons. The predicted molar refractivity (Wildman–Crippen MR) is 104 cm³/mol. The summed E-state index contributed by atoms with van der Waals surface area (Å²) >= 11 is 7.44. The van der Waals surface area contributed by atoms with Crippen LogP contribution in [0.15, 0.2) is 28.8 Å². The summed E-state index contributed by atoms with van der Waals surface area (Å²) in [5, 5.41) is 27.3. The van der Waals surface area contributed by atoms with E-state index in [2.05, 4.69) is 5.16 Å². The number of β-lactam (4-membered cyclic amide) rings is 1. The van der Waals surface area contributed by atoms with Gasteiger partial charge >= 0.3 is 59.1 Å². The second-order valence-electron chi connectivity index (χ2n) is 7.58. The zero-order valence-corrected chi connectivity index (χ0v) is 23.7. The van der Waals surface area contributed by atoms with Gasteiger partial charge in [0.25, 0.3) is 0 Å². The minimum atomic E-state index is -1.64. The third-order valence-electron chi connectivity index (χ3n) is 5.31. The van der Waals surface area contributed by atoms with Crippen LogP contribution in [-0.2, 0) is 9.59 Å². The molecule has 9 nitrogen and oxygen atoms in total. The van der Waals surface area contributed by atoms with E-state index in [1.165, 1.54) is 18.7 Å². The summed E-state index contributed by atoms with van der Waals surface area (Å²) in [7, 11) is 0. The molecule has 0 bridgehead atoms. The van der Waals surface area contributed by atoms with Crippen molar-refractivity contribution in [3.05, 3.63) is 35.0 Å². The molecule has 4 rings (SSSR count). The van der Waals surface area contributed by atoms with Crippen LogP contribution in [0.4, 0.5) is 10.5 Å². The number of aryl methyl sites for hydroxylation is 1. The number of halogens is 1. The van der Waals surface area contributed by atoms with E-state index in [4.69, 9.17) is 16.1 Å². The summed E-state index contributed by atoms with van der Waals surface area (Å²) in [5.41, 5.74) is 0.608. The van der Waals surface area contributed by atoms with Gasteiger partial charge in [-0.15, -0.1) is 11.8 Å². The number of aliphatic carboxylic acids is 1. The van der Waals surface area contributed by atoms with Gasteiger partial charge in [-0.05, 0) is 26.8 Å². The number of carbonyl (C=O) groups is 3. The standard InChI is InChI=1S/C19H18ClN3O6S.2Na/c1-8-12(11(21-29-8)9-6-4-5-7-10(9)20)22(18(27)28)13-15(24)23-14(17(25)26)19(2,3)30-16(13)23;;/h4-7,13-14,16H,1-3H3,(H,25,26)(H,27,28);;/q;2*+1/p-2/t13-,14+,16-;;/m1../s1. The average molecular weight is 496 g/mol. The van der Waals surface area contributed by atoms with Crippen LogP contribution >= 0.6 is 23.4 Å². The largest absolute Gasteiger partial charge is 1.00 e. The van der Waals surface area contributed by atoms with Crippen LogP contribution in [0.2, 0.25) is 5.02 Å². The fourth-order valence-corrected chi connectivity index (χ4v) is 5.93. The molecule has 1 aromatic heterocycles. The van der Waals surface area contributed by atoms with Gasteiger partial charge in [-0.3, -0.25) is 4.79 Å². The van der Waals surface area contributed by atoms with Crippen molar-refractivity contribution < 1.29 is 88.2 Å². The second-order valence-corrected chi connectivity index (χ2v) is 9.75. The number of hydrogen-bond acceptors (Lipinski definition) is 8. The third kappa shape index (κ3) is 4.24. The van der Waals surface area contributed by atoms with E-state index in [1.807, 2.05) is 0 Å². The van der Waals surface area contributed by atoms with Gasteiger partial charge < -0.3 is 34.1 Å². The Morgan fingerprint density at radius 3 is 2.44 bits per heavy atom. The summed E-state index contributed by atoms with van der Waals surface area (Å²) in [4.78, 5) is 38.7. The van der Waals surface area contributed by atoms with E-state index in [-0.39, 0.29) is 76.3 Å². The van der Waals surface area contributed by atoms with Gasteiger partial charge in [-0.2, -0.15) is 0 Å². The van der Waals surface area contributed by atoms with Crippen molar-refractivity contribution in [2.45, 2.75) is 43.0 Å². The Labute approximate surface area is 237 Å². The number of nitrogens with zero attached hydrogens (tertiary/aromatic N) is 3. The van der Waals surface area contributed by atoms with Crippen LogP contribution in [0.5, 0.6) is 0 Å². The van der Waals surface area contributed by atoms with Gasteiger partial charge in [0.1, 0.15) is 28.9 Å². The molecule has 0 unspecified atom stereocenters. The molecule has 2 aliphatic heterocycles. The molecule has 2 aliphatic rings. The van der Waals surface area contributed by atoms with Crippen molar-refractivity contribution in [2.24, 2.45) is 0 Å². The minimum absolute atomic E-state index is 0. The Hall–Kier alpha value is -0.720. The molecule has 3 atom stereocenters. The zero-order valence-electron chi connectivity index (χ0n) is 18.1. The number of amides is 2. The molecule has 0 spiro atoms. The first-order chi connectivity index (χ1) is 14.1. The Morgan fingerprint density at radius 1 is 1.25 bits per heavy atom. The number of carbonyl (C=O) groups excluding carboxylic acids is 3. The molecule has 0 aliphatic carbocycles. The summed E-state index contributed by atoms with van der Waals surface area (Å²) in [6, 6.07) is 4.30. The van der Waals surface area contributed by atoms with Crippen molar-refractivity contribution in [3.8, 4) is 11.3 Å². The Balaban J connectivity index is 0.00000181. The number of hydrogen-bond donors (Lipinski definition) is 0. The molecular weight excluding hydrogens is 480 g/mol. The Morgan fingerprint density at radius 2 is 1.88 bits per heavy atom. The Bertz CT molecular complexity index is 1080. The maximum absolute atomic E-state index is 12.9. The minimum Gasteiger partial charge on any atom is -0.548 e. The number of aromatic nitrogens is 1. The number of anilines is 1. The second kappa shape index (κ2) is 9.87. The van der Waals surface area contributed by atoms with Crippen molar-refractivity contribution in [1.29, 1.82) is 0 Å². The first-order valence-electron chi connectivity index (χ1n) is 8.98. The molecule has 2 fully saturated rings. The monoisotopic (exact) mass is 495 g/mol. The first kappa shape index (κ1) is 27.5. The quantitative estimate of drug-likeness (QED) is 0.304. The van der Waals surface area contributed by atoms with Gasteiger partial charge in [0.05, 0.1) is 17.0 Å². The Kier molecular flexibility index (Phi) is 8.49. The number of rotatable bonds is 4. The maximum Gasteiger partial charge on any atom is 1.00 e. The van der Waals surface area contributed by atoms with Gasteiger partial charge in [0, 0.05) is 10.3 Å². The van der Waals surface area contributed by atoms with Crippen molar-refractivity contribution >= 4 is 47.0 Å². The number of benzene rings is 1. The van der Waals surface area contributed by atoms with Crippen LogP contribution < -0.4 is 74.2 Å². The molecule has 0 radical (unpaired) electrons. The molecule has 32 heavy (non-hydrogen) atoms. The molecule has 2 saturated heterocycles. The average Bonchev–Trinajstić information content (AvgIpc) is 3.14. The molecule has 2 amide bonds. The third-order valence-corrected chi connectivity index (χ3v) is 7.20. The van der Waals surface area contributed by atoms with Crippen molar-refractivity contribution in [2.75, 3.05) is 4.90 Å². The van der Waals surface area contributed by atoms with Crippen LogP contribution in [-0.4, -0.2) is 50.2 Å². The van der Waals surface area contributed by atoms with Crippen LogP contribution in [0, 0.1) is 6.92 Å². The molecule has 0 saturated carbocycles. The number of carboxylic acid groups (broad SMARTS) is 2. The topological polar surface area (TPSA) is 130 Å². The summed E-state index contributed by atoms with van der Waals surface area (Å²) in [5.74, 6) is -1.89. The molecule has 13 heteroatoms. The van der Waals surface area contributed by atoms with Gasteiger partial charge in [-0.1, -0.05) is 35.0 Å².